The fourth-order valence-electron chi connectivity index (χ4n) is 2.67. The molecule has 0 radical (unpaired) electrons. The van der Waals surface area contributed by atoms with Crippen molar-refractivity contribution in [3.8, 4) is 0 Å². The van der Waals surface area contributed by atoms with Gasteiger partial charge < -0.3 is 14.6 Å². The maximum atomic E-state index is 13.8. The van der Waals surface area contributed by atoms with Gasteiger partial charge in [-0.25, -0.2) is 9.37 Å². The molecule has 1 aromatic heterocycles. The molecule has 1 aromatic carbocycles. The Kier molecular flexibility index (Phi) is 4.03. The molecule has 1 aliphatic heterocycles. The molecule has 1 saturated heterocycles. The van der Waals surface area contributed by atoms with Gasteiger partial charge in [-0.1, -0.05) is 12.1 Å². The third-order valence-corrected chi connectivity index (χ3v) is 4.05. The van der Waals surface area contributed by atoms with E-state index < -0.39 is 0 Å². The molecule has 1 aliphatic rings. The molecule has 1 fully saturated rings. The van der Waals surface area contributed by atoms with Gasteiger partial charge in [0.25, 0.3) is 0 Å². The standard InChI is InChI=1S/C16H20FN3O/c1-11-3-4-13(7-14(11)17)12(2)20-10-19-8-15(20)16-9-18-5-6-21-16/h3-4,7-8,10,12,16,18H,5-6,9H2,1-2H3. The number of benzene rings is 1. The van der Waals surface area contributed by atoms with E-state index in [-0.39, 0.29) is 18.0 Å². The first-order valence-electron chi connectivity index (χ1n) is 7.27. The summed E-state index contributed by atoms with van der Waals surface area (Å²) in [7, 11) is 0. The number of morpholine rings is 1. The molecule has 2 unspecified atom stereocenters. The number of imidazole rings is 1. The van der Waals surface area contributed by atoms with Crippen LogP contribution in [0, 0.1) is 12.7 Å². The molecule has 5 heteroatoms. The van der Waals surface area contributed by atoms with Gasteiger partial charge in [-0.15, -0.1) is 0 Å². The summed E-state index contributed by atoms with van der Waals surface area (Å²) in [5, 5.41) is 3.32. The molecule has 2 heterocycles. The van der Waals surface area contributed by atoms with Crippen LogP contribution in [0.3, 0.4) is 0 Å². The lowest BCUT2D eigenvalue weighted by Gasteiger charge is -2.26. The van der Waals surface area contributed by atoms with Crippen LogP contribution < -0.4 is 5.32 Å². The van der Waals surface area contributed by atoms with Crippen LogP contribution in [0.4, 0.5) is 4.39 Å². The Hall–Kier alpha value is -1.72. The quantitative estimate of drug-likeness (QED) is 0.944. The highest BCUT2D eigenvalue weighted by molar-refractivity contribution is 5.27. The zero-order valence-electron chi connectivity index (χ0n) is 12.3. The smallest absolute Gasteiger partial charge is 0.126 e. The third kappa shape index (κ3) is 2.84. The molecule has 21 heavy (non-hydrogen) atoms. The molecular weight excluding hydrogens is 269 g/mol. The lowest BCUT2D eigenvalue weighted by atomic mass is 10.1. The zero-order valence-corrected chi connectivity index (χ0v) is 12.3. The molecule has 1 N–H and O–H groups in total. The van der Waals surface area contributed by atoms with Crippen molar-refractivity contribution in [2.45, 2.75) is 26.0 Å². The van der Waals surface area contributed by atoms with E-state index in [2.05, 4.69) is 14.9 Å². The first-order chi connectivity index (χ1) is 10.2. The van der Waals surface area contributed by atoms with Crippen LogP contribution in [-0.4, -0.2) is 29.2 Å². The highest BCUT2D eigenvalue weighted by Gasteiger charge is 2.22. The van der Waals surface area contributed by atoms with E-state index in [1.54, 1.807) is 19.3 Å². The number of nitrogens with zero attached hydrogens (tertiary/aromatic N) is 2. The fourth-order valence-corrected chi connectivity index (χ4v) is 2.67. The van der Waals surface area contributed by atoms with Gasteiger partial charge in [0.1, 0.15) is 11.9 Å². The fraction of sp³-hybridized carbons (Fsp3) is 0.438. The molecule has 0 saturated carbocycles. The van der Waals surface area contributed by atoms with E-state index in [0.717, 1.165) is 24.3 Å². The second-order valence-corrected chi connectivity index (χ2v) is 5.47. The molecule has 0 aliphatic carbocycles. The normalized spacial score (nSPS) is 20.4. The van der Waals surface area contributed by atoms with Crippen molar-refractivity contribution in [1.82, 2.24) is 14.9 Å². The van der Waals surface area contributed by atoms with Gasteiger partial charge in [0, 0.05) is 13.1 Å². The summed E-state index contributed by atoms with van der Waals surface area (Å²) in [6.45, 7) is 6.17. The Morgan fingerprint density at radius 2 is 2.33 bits per heavy atom. The van der Waals surface area contributed by atoms with Gasteiger partial charge in [-0.3, -0.25) is 0 Å². The molecular formula is C16H20FN3O. The average molecular weight is 289 g/mol. The van der Waals surface area contributed by atoms with Gasteiger partial charge in [0.2, 0.25) is 0 Å². The van der Waals surface area contributed by atoms with Crippen LogP contribution in [0.15, 0.2) is 30.7 Å². The number of halogens is 1. The Morgan fingerprint density at radius 3 is 3.05 bits per heavy atom. The number of aromatic nitrogens is 2. The highest BCUT2D eigenvalue weighted by atomic mass is 19.1. The Labute approximate surface area is 124 Å². The van der Waals surface area contributed by atoms with Crippen LogP contribution in [0.1, 0.15) is 35.9 Å². The van der Waals surface area contributed by atoms with Crippen molar-refractivity contribution >= 4 is 0 Å². The average Bonchev–Trinajstić information content (AvgIpc) is 2.99. The number of aryl methyl sites for hydroxylation is 1. The topological polar surface area (TPSA) is 39.1 Å². The molecule has 112 valence electrons. The lowest BCUT2D eigenvalue weighted by Crippen LogP contribution is -2.34. The molecule has 2 atom stereocenters. The maximum absolute atomic E-state index is 13.8. The number of rotatable bonds is 3. The van der Waals surface area contributed by atoms with Gasteiger partial charge >= 0.3 is 0 Å². The Balaban J connectivity index is 1.89. The summed E-state index contributed by atoms with van der Waals surface area (Å²) in [5.74, 6) is -0.170. The van der Waals surface area contributed by atoms with E-state index in [1.807, 2.05) is 25.3 Å². The highest BCUT2D eigenvalue weighted by Crippen LogP contribution is 2.26. The van der Waals surface area contributed by atoms with Crippen molar-refractivity contribution in [2.75, 3.05) is 19.7 Å². The van der Waals surface area contributed by atoms with Crippen LogP contribution in [0.5, 0.6) is 0 Å². The van der Waals surface area contributed by atoms with Crippen molar-refractivity contribution < 1.29 is 9.13 Å². The molecule has 0 bridgehead atoms. The second kappa shape index (κ2) is 5.95. The summed E-state index contributed by atoms with van der Waals surface area (Å²) in [5.41, 5.74) is 2.62. The summed E-state index contributed by atoms with van der Waals surface area (Å²) in [6, 6.07) is 5.40. The molecule has 4 nitrogen and oxygen atoms in total. The number of ether oxygens (including phenoxy) is 1. The first-order valence-corrected chi connectivity index (χ1v) is 7.27. The predicted octanol–water partition coefficient (Wildman–Crippen LogP) is 2.60. The minimum atomic E-state index is -0.170. The van der Waals surface area contributed by atoms with E-state index >= 15 is 0 Å². The van der Waals surface area contributed by atoms with Crippen molar-refractivity contribution in [1.29, 1.82) is 0 Å². The Bertz CT molecular complexity index is 620. The van der Waals surface area contributed by atoms with Crippen LogP contribution >= 0.6 is 0 Å². The molecule has 0 amide bonds. The molecule has 2 aromatic rings. The van der Waals surface area contributed by atoms with E-state index in [4.69, 9.17) is 4.74 Å². The summed E-state index contributed by atoms with van der Waals surface area (Å²) >= 11 is 0. The Morgan fingerprint density at radius 1 is 1.48 bits per heavy atom. The largest absolute Gasteiger partial charge is 0.369 e. The monoisotopic (exact) mass is 289 g/mol. The lowest BCUT2D eigenvalue weighted by molar-refractivity contribution is 0.0224. The van der Waals surface area contributed by atoms with E-state index in [1.165, 1.54) is 0 Å². The van der Waals surface area contributed by atoms with Crippen LogP contribution in [0.2, 0.25) is 0 Å². The summed E-state index contributed by atoms with van der Waals surface area (Å²) < 4.78 is 21.6. The summed E-state index contributed by atoms with van der Waals surface area (Å²) in [4.78, 5) is 4.25. The number of nitrogens with one attached hydrogen (secondary N) is 1. The van der Waals surface area contributed by atoms with Crippen molar-refractivity contribution in [3.05, 3.63) is 53.4 Å². The predicted molar refractivity (Wildman–Crippen MR) is 78.7 cm³/mol. The van der Waals surface area contributed by atoms with Crippen molar-refractivity contribution in [3.63, 3.8) is 0 Å². The number of hydrogen-bond donors (Lipinski definition) is 1. The van der Waals surface area contributed by atoms with E-state index in [9.17, 15) is 4.39 Å². The maximum Gasteiger partial charge on any atom is 0.126 e. The van der Waals surface area contributed by atoms with E-state index in [0.29, 0.717) is 12.2 Å². The SMILES string of the molecule is Cc1ccc(C(C)n2cncc2C2CNCCO2)cc1F. The van der Waals surface area contributed by atoms with Gasteiger partial charge in [-0.2, -0.15) is 0 Å². The second-order valence-electron chi connectivity index (χ2n) is 5.47. The van der Waals surface area contributed by atoms with Crippen LogP contribution in [0.25, 0.3) is 0 Å². The molecule has 0 spiro atoms. The van der Waals surface area contributed by atoms with Crippen LogP contribution in [-0.2, 0) is 4.74 Å². The van der Waals surface area contributed by atoms with Gasteiger partial charge in [0.15, 0.2) is 0 Å². The third-order valence-electron chi connectivity index (χ3n) is 4.05. The summed E-state index contributed by atoms with van der Waals surface area (Å²) in [6.07, 6.45) is 3.62. The number of hydrogen-bond acceptors (Lipinski definition) is 3. The zero-order chi connectivity index (χ0) is 14.8. The minimum Gasteiger partial charge on any atom is -0.369 e. The van der Waals surface area contributed by atoms with Gasteiger partial charge in [0.05, 0.1) is 30.9 Å². The minimum absolute atomic E-state index is 0.000930. The van der Waals surface area contributed by atoms with Crippen molar-refractivity contribution in [2.24, 2.45) is 0 Å². The van der Waals surface area contributed by atoms with Gasteiger partial charge in [-0.05, 0) is 31.0 Å². The first kappa shape index (κ1) is 14.2. The molecule has 3 rings (SSSR count).